The van der Waals surface area contributed by atoms with Gasteiger partial charge >= 0.3 is 11.9 Å². The van der Waals surface area contributed by atoms with Crippen molar-refractivity contribution in [2.75, 3.05) is 34.5 Å². The summed E-state index contributed by atoms with van der Waals surface area (Å²) in [5, 5.41) is 0. The third kappa shape index (κ3) is 7.92. The Labute approximate surface area is 329 Å². The Balaban J connectivity index is 1.44. The minimum absolute atomic E-state index is 0.134. The Morgan fingerprint density at radius 3 is 2.19 bits per heavy atom. The number of carbonyl (C=O) groups excluding carboxylic acids is 2. The molecule has 0 spiro atoms. The Hall–Kier alpha value is -5.41. The van der Waals surface area contributed by atoms with Crippen molar-refractivity contribution in [3.05, 3.63) is 142 Å². The van der Waals surface area contributed by atoms with Gasteiger partial charge in [0, 0.05) is 5.56 Å². The molecule has 0 N–H and O–H groups in total. The van der Waals surface area contributed by atoms with Gasteiger partial charge < -0.3 is 28.4 Å². The Morgan fingerprint density at radius 1 is 0.833 bits per heavy atom. The first-order valence-electron chi connectivity index (χ1n) is 17.0. The standard InChI is InChI=1S/C41H37IN2O9S/c1-6-51-39(46)27-15-13-24(14-16-27)23-53-37-29(42)19-25(20-32(37)50-5)21-33-38(45)44-36(28-17-18-30(48-3)31(22-28)49-4)34(40(47)52-7-2)35(43-41(44)54-33)26-11-9-8-10-12-26/h8-22,36H,6-7,23H2,1-5H3/b33-21-/t36-/m1/s1. The zero-order valence-corrected chi connectivity index (χ0v) is 33.2. The number of thiazole rings is 1. The highest BCUT2D eigenvalue weighted by molar-refractivity contribution is 14.1. The summed E-state index contributed by atoms with van der Waals surface area (Å²) in [6.45, 7) is 4.17. The number of nitrogens with zero attached hydrogens (tertiary/aromatic N) is 2. The van der Waals surface area contributed by atoms with Crippen LogP contribution in [-0.4, -0.2) is 51.0 Å². The molecule has 4 aromatic carbocycles. The summed E-state index contributed by atoms with van der Waals surface area (Å²) in [5.41, 5.74) is 3.63. The molecule has 2 heterocycles. The molecule has 0 fully saturated rings. The van der Waals surface area contributed by atoms with Crippen LogP contribution in [0.2, 0.25) is 0 Å². The van der Waals surface area contributed by atoms with E-state index in [0.717, 1.165) is 9.13 Å². The summed E-state index contributed by atoms with van der Waals surface area (Å²) in [5.74, 6) is 0.989. The van der Waals surface area contributed by atoms with Crippen LogP contribution in [0.5, 0.6) is 23.0 Å². The van der Waals surface area contributed by atoms with Crippen molar-refractivity contribution in [1.29, 1.82) is 0 Å². The Morgan fingerprint density at radius 2 is 1.52 bits per heavy atom. The molecular formula is C41H37IN2O9S. The first-order chi connectivity index (χ1) is 26.2. The predicted molar refractivity (Wildman–Crippen MR) is 213 cm³/mol. The smallest absolute Gasteiger partial charge is 0.338 e. The lowest BCUT2D eigenvalue weighted by molar-refractivity contribution is -0.138. The third-order valence-corrected chi connectivity index (χ3v) is 10.3. The second kappa shape index (κ2) is 17.2. The van der Waals surface area contributed by atoms with Crippen LogP contribution < -0.4 is 33.8 Å². The second-order valence-electron chi connectivity index (χ2n) is 11.8. The molecule has 13 heteroatoms. The summed E-state index contributed by atoms with van der Waals surface area (Å²) in [6, 6.07) is 24.5. The van der Waals surface area contributed by atoms with E-state index in [0.29, 0.717) is 66.9 Å². The molecule has 0 saturated carbocycles. The van der Waals surface area contributed by atoms with E-state index >= 15 is 0 Å². The van der Waals surface area contributed by atoms with E-state index in [1.54, 1.807) is 70.5 Å². The number of hydrogen-bond donors (Lipinski definition) is 0. The van der Waals surface area contributed by atoms with Gasteiger partial charge in [-0.05, 0) is 95.6 Å². The van der Waals surface area contributed by atoms with E-state index in [1.165, 1.54) is 23.0 Å². The number of aromatic nitrogens is 1. The summed E-state index contributed by atoms with van der Waals surface area (Å²) >= 11 is 3.39. The zero-order valence-electron chi connectivity index (χ0n) is 30.2. The summed E-state index contributed by atoms with van der Waals surface area (Å²) in [4.78, 5) is 45.7. The van der Waals surface area contributed by atoms with Gasteiger partial charge in [-0.25, -0.2) is 14.6 Å². The molecule has 54 heavy (non-hydrogen) atoms. The number of carbonyl (C=O) groups is 2. The van der Waals surface area contributed by atoms with Crippen LogP contribution in [0.1, 0.15) is 52.5 Å². The molecular weight excluding hydrogens is 823 g/mol. The third-order valence-electron chi connectivity index (χ3n) is 8.49. The van der Waals surface area contributed by atoms with Crippen LogP contribution in [0.15, 0.2) is 100 Å². The molecule has 1 aromatic heterocycles. The molecule has 1 aliphatic rings. The van der Waals surface area contributed by atoms with Crippen LogP contribution in [0.3, 0.4) is 0 Å². The lowest BCUT2D eigenvalue weighted by Crippen LogP contribution is -2.40. The van der Waals surface area contributed by atoms with Crippen molar-refractivity contribution in [3.63, 3.8) is 0 Å². The number of esters is 2. The molecule has 0 aliphatic carbocycles. The maximum absolute atomic E-state index is 14.5. The quantitative estimate of drug-likeness (QED) is 0.0989. The van der Waals surface area contributed by atoms with Gasteiger partial charge in [0.2, 0.25) is 0 Å². The fraction of sp³-hybridized carbons (Fsp3) is 0.220. The van der Waals surface area contributed by atoms with Gasteiger partial charge in [-0.15, -0.1) is 0 Å². The molecule has 11 nitrogen and oxygen atoms in total. The van der Waals surface area contributed by atoms with Gasteiger partial charge in [-0.3, -0.25) is 9.36 Å². The van der Waals surface area contributed by atoms with E-state index in [9.17, 15) is 14.4 Å². The Bertz CT molecular complexity index is 2400. The zero-order chi connectivity index (χ0) is 38.4. The molecule has 0 bridgehead atoms. The highest BCUT2D eigenvalue weighted by Gasteiger charge is 2.35. The number of rotatable bonds is 13. The minimum atomic E-state index is -0.894. The van der Waals surface area contributed by atoms with Crippen LogP contribution >= 0.6 is 33.9 Å². The normalized spacial score (nSPS) is 13.8. The molecule has 1 atom stereocenters. The highest BCUT2D eigenvalue weighted by Crippen LogP contribution is 2.39. The molecule has 0 radical (unpaired) electrons. The molecule has 0 saturated heterocycles. The monoisotopic (exact) mass is 860 g/mol. The van der Waals surface area contributed by atoms with E-state index < -0.39 is 12.0 Å². The van der Waals surface area contributed by atoms with Gasteiger partial charge in [-0.1, -0.05) is 59.9 Å². The van der Waals surface area contributed by atoms with Crippen molar-refractivity contribution in [3.8, 4) is 23.0 Å². The van der Waals surface area contributed by atoms with E-state index in [2.05, 4.69) is 22.6 Å². The fourth-order valence-corrected chi connectivity index (χ4v) is 7.78. The Kier molecular flexibility index (Phi) is 12.2. The number of ether oxygens (including phenoxy) is 6. The molecule has 5 aromatic rings. The average molecular weight is 861 g/mol. The summed E-state index contributed by atoms with van der Waals surface area (Å²) < 4.78 is 36.4. The van der Waals surface area contributed by atoms with E-state index in [-0.39, 0.29) is 30.3 Å². The summed E-state index contributed by atoms with van der Waals surface area (Å²) in [6.07, 6.45) is 1.77. The highest BCUT2D eigenvalue weighted by atomic mass is 127. The van der Waals surface area contributed by atoms with Crippen LogP contribution in [0.25, 0.3) is 11.8 Å². The topological polar surface area (TPSA) is 124 Å². The van der Waals surface area contributed by atoms with Crippen molar-refractivity contribution in [2.24, 2.45) is 4.99 Å². The van der Waals surface area contributed by atoms with E-state index in [4.69, 9.17) is 33.4 Å². The molecule has 1 aliphatic heterocycles. The molecule has 0 amide bonds. The maximum Gasteiger partial charge on any atom is 0.338 e. The number of fused-ring (bicyclic) bond motifs is 1. The number of benzene rings is 4. The van der Waals surface area contributed by atoms with E-state index in [1.807, 2.05) is 48.5 Å². The fourth-order valence-electron chi connectivity index (χ4n) is 6.00. The van der Waals surface area contributed by atoms with Crippen molar-refractivity contribution in [2.45, 2.75) is 26.5 Å². The van der Waals surface area contributed by atoms with Gasteiger partial charge in [-0.2, -0.15) is 0 Å². The second-order valence-corrected chi connectivity index (χ2v) is 14.0. The predicted octanol–water partition coefficient (Wildman–Crippen LogP) is 6.32. The summed E-state index contributed by atoms with van der Waals surface area (Å²) in [7, 11) is 4.62. The van der Waals surface area contributed by atoms with Crippen LogP contribution in [0.4, 0.5) is 0 Å². The van der Waals surface area contributed by atoms with Gasteiger partial charge in [0.25, 0.3) is 5.56 Å². The number of methoxy groups -OCH3 is 3. The largest absolute Gasteiger partial charge is 0.493 e. The maximum atomic E-state index is 14.5. The lowest BCUT2D eigenvalue weighted by atomic mass is 9.93. The van der Waals surface area contributed by atoms with Crippen molar-refractivity contribution in [1.82, 2.24) is 4.57 Å². The van der Waals surface area contributed by atoms with Gasteiger partial charge in [0.15, 0.2) is 27.8 Å². The first-order valence-corrected chi connectivity index (χ1v) is 18.9. The molecule has 278 valence electrons. The van der Waals surface area contributed by atoms with Crippen molar-refractivity contribution >= 4 is 57.6 Å². The molecule has 0 unspecified atom stereocenters. The minimum Gasteiger partial charge on any atom is -0.493 e. The lowest BCUT2D eigenvalue weighted by Gasteiger charge is -2.26. The SMILES string of the molecule is CCOC(=O)C1=C(c2ccccc2)N=c2s/c(=C\c3cc(I)c(OCc4ccc(C(=O)OCC)cc4)c(OC)c3)c(=O)n2[C@@H]1c1ccc(OC)c(OC)c1. The number of hydrogen-bond acceptors (Lipinski definition) is 11. The van der Waals surface area contributed by atoms with Crippen molar-refractivity contribution < 1.29 is 38.0 Å². The first kappa shape index (κ1) is 38.3. The van der Waals surface area contributed by atoms with Crippen LogP contribution in [-0.2, 0) is 20.9 Å². The molecule has 6 rings (SSSR count). The van der Waals surface area contributed by atoms with Gasteiger partial charge in [0.05, 0.1) is 65.5 Å². The van der Waals surface area contributed by atoms with Crippen LogP contribution in [0, 0.1) is 3.57 Å². The van der Waals surface area contributed by atoms with Gasteiger partial charge in [0.1, 0.15) is 6.61 Å². The number of halogens is 1. The average Bonchev–Trinajstić information content (AvgIpc) is 3.50.